The molecule has 0 spiro atoms. The Morgan fingerprint density at radius 3 is 3.00 bits per heavy atom. The van der Waals surface area contributed by atoms with E-state index in [2.05, 4.69) is 23.8 Å². The van der Waals surface area contributed by atoms with Crippen LogP contribution < -0.4 is 0 Å². The maximum absolute atomic E-state index is 12.7. The lowest BCUT2D eigenvalue weighted by Gasteiger charge is -2.31. The highest BCUT2D eigenvalue weighted by Crippen LogP contribution is 2.26. The van der Waals surface area contributed by atoms with Crippen molar-refractivity contribution < 1.29 is 9.53 Å². The average Bonchev–Trinajstić information content (AvgIpc) is 3.15. The zero-order valence-electron chi connectivity index (χ0n) is 13.1. The van der Waals surface area contributed by atoms with Crippen LogP contribution in [0.1, 0.15) is 52.6 Å². The summed E-state index contributed by atoms with van der Waals surface area (Å²) in [5.41, 5.74) is 1.78. The van der Waals surface area contributed by atoms with Gasteiger partial charge in [0.25, 0.3) is 5.91 Å². The number of nitrogens with zero attached hydrogens (tertiary/aromatic N) is 2. The van der Waals surface area contributed by atoms with E-state index in [1.807, 2.05) is 23.3 Å². The number of aryl methyl sites for hydroxylation is 1. The van der Waals surface area contributed by atoms with E-state index >= 15 is 0 Å². The van der Waals surface area contributed by atoms with Crippen LogP contribution in [0.5, 0.6) is 0 Å². The van der Waals surface area contributed by atoms with Crippen molar-refractivity contribution in [2.45, 2.75) is 32.8 Å². The summed E-state index contributed by atoms with van der Waals surface area (Å²) in [5.74, 6) is 1.33. The number of hydrogen-bond acceptors (Lipinski definition) is 4. The SMILES string of the molecule is Cc1cnc(C2CN(C(=O)c3csc(C(C)C)c3)CCO2)[nH]1. The molecular weight excluding hydrogens is 298 g/mol. The van der Waals surface area contributed by atoms with Crippen LogP contribution in [0.2, 0.25) is 0 Å². The number of rotatable bonds is 3. The number of imidazole rings is 1. The summed E-state index contributed by atoms with van der Waals surface area (Å²) in [7, 11) is 0. The molecule has 3 heterocycles. The van der Waals surface area contributed by atoms with Crippen molar-refractivity contribution in [1.29, 1.82) is 0 Å². The second-order valence-electron chi connectivity index (χ2n) is 5.95. The van der Waals surface area contributed by atoms with Crippen LogP contribution in [-0.2, 0) is 4.74 Å². The minimum Gasteiger partial charge on any atom is -0.367 e. The van der Waals surface area contributed by atoms with Gasteiger partial charge in [-0.15, -0.1) is 11.3 Å². The number of aromatic nitrogens is 2. The van der Waals surface area contributed by atoms with Gasteiger partial charge in [0.05, 0.1) is 18.7 Å². The van der Waals surface area contributed by atoms with Crippen molar-refractivity contribution in [2.75, 3.05) is 19.7 Å². The third-order valence-corrected chi connectivity index (χ3v) is 5.05. The Morgan fingerprint density at radius 2 is 2.36 bits per heavy atom. The van der Waals surface area contributed by atoms with Crippen LogP contribution >= 0.6 is 11.3 Å². The van der Waals surface area contributed by atoms with Gasteiger partial charge in [-0.3, -0.25) is 4.79 Å². The second kappa shape index (κ2) is 6.22. The lowest BCUT2D eigenvalue weighted by molar-refractivity contribution is -0.0264. The maximum atomic E-state index is 12.7. The van der Waals surface area contributed by atoms with E-state index in [9.17, 15) is 4.79 Å². The second-order valence-corrected chi connectivity index (χ2v) is 6.90. The first-order valence-electron chi connectivity index (χ1n) is 7.55. The van der Waals surface area contributed by atoms with E-state index in [0.717, 1.165) is 17.1 Å². The molecule has 3 rings (SSSR count). The molecular formula is C16H21N3O2S. The standard InChI is InChI=1S/C16H21N3O2S/c1-10(2)14-6-12(9-22-14)16(20)19-4-5-21-13(8-19)15-17-7-11(3)18-15/h6-7,9-10,13H,4-5,8H2,1-3H3,(H,17,18). The molecule has 22 heavy (non-hydrogen) atoms. The van der Waals surface area contributed by atoms with E-state index in [-0.39, 0.29) is 12.0 Å². The van der Waals surface area contributed by atoms with Gasteiger partial charge in [-0.05, 0) is 18.9 Å². The maximum Gasteiger partial charge on any atom is 0.254 e. The first kappa shape index (κ1) is 15.2. The molecule has 1 N–H and O–H groups in total. The number of hydrogen-bond donors (Lipinski definition) is 1. The van der Waals surface area contributed by atoms with Crippen LogP contribution in [0.25, 0.3) is 0 Å². The number of H-pyrrole nitrogens is 1. The Morgan fingerprint density at radius 1 is 1.55 bits per heavy atom. The predicted octanol–water partition coefficient (Wildman–Crippen LogP) is 3.12. The normalized spacial score (nSPS) is 18.9. The van der Waals surface area contributed by atoms with Crippen LogP contribution in [0.4, 0.5) is 0 Å². The summed E-state index contributed by atoms with van der Waals surface area (Å²) in [6, 6.07) is 2.01. The van der Waals surface area contributed by atoms with Crippen molar-refractivity contribution in [3.63, 3.8) is 0 Å². The molecule has 1 aliphatic rings. The van der Waals surface area contributed by atoms with E-state index in [4.69, 9.17) is 4.74 Å². The summed E-state index contributed by atoms with van der Waals surface area (Å²) in [6.45, 7) is 7.95. The molecule has 6 heteroatoms. The lowest BCUT2D eigenvalue weighted by Crippen LogP contribution is -2.42. The molecule has 0 aliphatic carbocycles. The lowest BCUT2D eigenvalue weighted by atomic mass is 10.1. The van der Waals surface area contributed by atoms with E-state index < -0.39 is 0 Å². The monoisotopic (exact) mass is 319 g/mol. The number of thiophene rings is 1. The molecule has 1 aliphatic heterocycles. The van der Waals surface area contributed by atoms with Crippen LogP contribution in [0, 0.1) is 6.92 Å². The molecule has 0 aromatic carbocycles. The molecule has 1 saturated heterocycles. The van der Waals surface area contributed by atoms with Gasteiger partial charge in [0.1, 0.15) is 11.9 Å². The highest BCUT2D eigenvalue weighted by Gasteiger charge is 2.28. The fraction of sp³-hybridized carbons (Fsp3) is 0.500. The number of carbonyl (C=O) groups excluding carboxylic acids is 1. The highest BCUT2D eigenvalue weighted by atomic mass is 32.1. The summed E-state index contributed by atoms with van der Waals surface area (Å²) in [4.78, 5) is 23.3. The third kappa shape index (κ3) is 3.08. The van der Waals surface area contributed by atoms with E-state index in [1.165, 1.54) is 4.88 Å². The fourth-order valence-corrected chi connectivity index (χ4v) is 3.45. The van der Waals surface area contributed by atoms with Crippen LogP contribution in [0.3, 0.4) is 0 Å². The molecule has 1 unspecified atom stereocenters. The van der Waals surface area contributed by atoms with Gasteiger partial charge in [-0.25, -0.2) is 4.98 Å². The molecule has 1 atom stereocenters. The summed E-state index contributed by atoms with van der Waals surface area (Å²) in [5, 5.41) is 1.96. The molecule has 5 nitrogen and oxygen atoms in total. The fourth-order valence-electron chi connectivity index (χ4n) is 2.55. The molecule has 1 amide bonds. The predicted molar refractivity (Wildman–Crippen MR) is 86.3 cm³/mol. The van der Waals surface area contributed by atoms with Gasteiger partial charge in [0.15, 0.2) is 0 Å². The molecule has 1 fully saturated rings. The Kier molecular flexibility index (Phi) is 4.31. The van der Waals surface area contributed by atoms with Gasteiger partial charge in [0.2, 0.25) is 0 Å². The molecule has 0 saturated carbocycles. The van der Waals surface area contributed by atoms with Gasteiger partial charge in [-0.1, -0.05) is 13.8 Å². The van der Waals surface area contributed by atoms with Crippen molar-refractivity contribution >= 4 is 17.2 Å². The Hall–Kier alpha value is -1.66. The van der Waals surface area contributed by atoms with Gasteiger partial charge in [0, 0.05) is 28.7 Å². The third-order valence-electron chi connectivity index (χ3n) is 3.82. The van der Waals surface area contributed by atoms with E-state index in [1.54, 1.807) is 17.5 Å². The van der Waals surface area contributed by atoms with Gasteiger partial charge >= 0.3 is 0 Å². The van der Waals surface area contributed by atoms with Crippen molar-refractivity contribution in [3.8, 4) is 0 Å². The van der Waals surface area contributed by atoms with Crippen molar-refractivity contribution in [1.82, 2.24) is 14.9 Å². The Bertz CT molecular complexity index is 662. The number of ether oxygens (including phenoxy) is 1. The highest BCUT2D eigenvalue weighted by molar-refractivity contribution is 7.10. The topological polar surface area (TPSA) is 58.2 Å². The Labute approximate surface area is 134 Å². The number of nitrogens with one attached hydrogen (secondary N) is 1. The van der Waals surface area contributed by atoms with Crippen LogP contribution in [0.15, 0.2) is 17.6 Å². The summed E-state index contributed by atoms with van der Waals surface area (Å²) < 4.78 is 5.75. The van der Waals surface area contributed by atoms with Crippen LogP contribution in [-0.4, -0.2) is 40.5 Å². The number of amides is 1. The molecule has 0 bridgehead atoms. The zero-order chi connectivity index (χ0) is 15.7. The quantitative estimate of drug-likeness (QED) is 0.945. The molecule has 2 aromatic heterocycles. The number of morpholine rings is 1. The molecule has 0 radical (unpaired) electrons. The number of carbonyl (C=O) groups is 1. The minimum absolute atomic E-state index is 0.0831. The zero-order valence-corrected chi connectivity index (χ0v) is 13.9. The summed E-state index contributed by atoms with van der Waals surface area (Å²) in [6.07, 6.45) is 1.61. The van der Waals surface area contributed by atoms with Crippen molar-refractivity contribution in [3.05, 3.63) is 39.6 Å². The first-order valence-corrected chi connectivity index (χ1v) is 8.43. The molecule has 118 valence electrons. The van der Waals surface area contributed by atoms with Gasteiger partial charge in [-0.2, -0.15) is 0 Å². The van der Waals surface area contributed by atoms with E-state index in [0.29, 0.717) is 25.6 Å². The van der Waals surface area contributed by atoms with Crippen molar-refractivity contribution in [2.24, 2.45) is 0 Å². The smallest absolute Gasteiger partial charge is 0.254 e. The first-order chi connectivity index (χ1) is 10.5. The summed E-state index contributed by atoms with van der Waals surface area (Å²) >= 11 is 1.65. The van der Waals surface area contributed by atoms with Gasteiger partial charge < -0.3 is 14.6 Å². The average molecular weight is 319 g/mol. The number of aromatic amines is 1. The molecule has 2 aromatic rings. The Balaban J connectivity index is 1.72. The minimum atomic E-state index is -0.172. The largest absolute Gasteiger partial charge is 0.367 e.